The molecular weight excluding hydrogens is 294 g/mol. The van der Waals surface area contributed by atoms with E-state index in [1.54, 1.807) is 31.2 Å². The summed E-state index contributed by atoms with van der Waals surface area (Å²) in [5, 5.41) is 3.13. The molecule has 1 rings (SSSR count). The van der Waals surface area contributed by atoms with Crippen LogP contribution >= 0.6 is 0 Å². The number of hydrogen-bond donors (Lipinski definition) is 1. The van der Waals surface area contributed by atoms with Crippen LogP contribution in [0, 0.1) is 0 Å². The van der Waals surface area contributed by atoms with E-state index in [1.165, 1.54) is 12.8 Å². The molecule has 0 radical (unpaired) electrons. The van der Waals surface area contributed by atoms with E-state index in [1.807, 2.05) is 0 Å². The molecular formula is C18H27NO4. The normalized spacial score (nSPS) is 10.2. The monoisotopic (exact) mass is 321 g/mol. The molecule has 0 aliphatic heterocycles. The van der Waals surface area contributed by atoms with Crippen molar-refractivity contribution in [1.29, 1.82) is 0 Å². The number of nitrogens with one attached hydrogen (secondary N) is 1. The second-order valence-electron chi connectivity index (χ2n) is 5.26. The predicted molar refractivity (Wildman–Crippen MR) is 90.6 cm³/mol. The summed E-state index contributed by atoms with van der Waals surface area (Å²) >= 11 is 0. The number of unbranched alkanes of at least 4 members (excludes halogenated alkanes) is 3. The van der Waals surface area contributed by atoms with Gasteiger partial charge in [-0.2, -0.15) is 0 Å². The van der Waals surface area contributed by atoms with Gasteiger partial charge in [-0.15, -0.1) is 0 Å². The van der Waals surface area contributed by atoms with Crippen LogP contribution in [0.25, 0.3) is 0 Å². The summed E-state index contributed by atoms with van der Waals surface area (Å²) in [7, 11) is 0. The lowest BCUT2D eigenvalue weighted by Gasteiger charge is -2.08. The van der Waals surface area contributed by atoms with Crippen molar-refractivity contribution in [2.45, 2.75) is 46.0 Å². The molecule has 5 heteroatoms. The van der Waals surface area contributed by atoms with E-state index < -0.39 is 0 Å². The highest BCUT2D eigenvalue weighted by molar-refractivity contribution is 5.89. The number of ether oxygens (including phenoxy) is 2. The largest absolute Gasteiger partial charge is 0.466 e. The van der Waals surface area contributed by atoms with Gasteiger partial charge in [0.15, 0.2) is 0 Å². The zero-order valence-corrected chi connectivity index (χ0v) is 14.1. The Balaban J connectivity index is 2.20. The van der Waals surface area contributed by atoms with Gasteiger partial charge in [0.2, 0.25) is 0 Å². The Hall–Kier alpha value is -2.04. The highest BCUT2D eigenvalue weighted by Gasteiger charge is 2.06. The average molecular weight is 321 g/mol. The van der Waals surface area contributed by atoms with Gasteiger partial charge in [0, 0.05) is 12.2 Å². The van der Waals surface area contributed by atoms with Crippen molar-refractivity contribution in [1.82, 2.24) is 0 Å². The van der Waals surface area contributed by atoms with E-state index in [2.05, 4.69) is 12.2 Å². The molecule has 1 aromatic rings. The van der Waals surface area contributed by atoms with Crippen molar-refractivity contribution in [3.05, 3.63) is 29.8 Å². The van der Waals surface area contributed by atoms with Gasteiger partial charge < -0.3 is 14.8 Å². The third-order valence-electron chi connectivity index (χ3n) is 3.32. The van der Waals surface area contributed by atoms with Crippen molar-refractivity contribution < 1.29 is 19.1 Å². The van der Waals surface area contributed by atoms with Gasteiger partial charge in [-0.3, -0.25) is 4.79 Å². The van der Waals surface area contributed by atoms with Crippen LogP contribution in [-0.2, 0) is 14.3 Å². The van der Waals surface area contributed by atoms with Crippen LogP contribution in [0.2, 0.25) is 0 Å². The Labute approximate surface area is 138 Å². The molecule has 0 spiro atoms. The molecule has 0 aliphatic rings. The fourth-order valence-corrected chi connectivity index (χ4v) is 2.03. The fourth-order valence-electron chi connectivity index (χ4n) is 2.03. The minimum Gasteiger partial charge on any atom is -0.466 e. The van der Waals surface area contributed by atoms with Crippen LogP contribution in [-0.4, -0.2) is 31.7 Å². The Morgan fingerprint density at radius 3 is 2.39 bits per heavy atom. The van der Waals surface area contributed by atoms with Gasteiger partial charge in [0.25, 0.3) is 0 Å². The van der Waals surface area contributed by atoms with Gasteiger partial charge in [-0.05, 0) is 37.6 Å². The number of anilines is 1. The molecule has 1 aromatic carbocycles. The van der Waals surface area contributed by atoms with Crippen molar-refractivity contribution in [2.75, 3.05) is 25.1 Å². The molecule has 0 atom stereocenters. The quantitative estimate of drug-likeness (QED) is 0.496. The highest BCUT2D eigenvalue weighted by atomic mass is 16.5. The summed E-state index contributed by atoms with van der Waals surface area (Å²) in [6.07, 6.45) is 4.72. The standard InChI is InChI=1S/C18H27NO4/c1-3-5-6-7-14-23-17(20)12-13-19-16-10-8-15(9-11-16)18(21)22-4-2/h8-11,19H,3-7,12-14H2,1-2H3. The molecule has 0 aliphatic carbocycles. The van der Waals surface area contributed by atoms with Gasteiger partial charge in [0.1, 0.15) is 0 Å². The van der Waals surface area contributed by atoms with E-state index in [0.29, 0.717) is 31.7 Å². The first kappa shape index (κ1) is 19.0. The molecule has 0 saturated heterocycles. The third kappa shape index (κ3) is 8.24. The summed E-state index contributed by atoms with van der Waals surface area (Å²) in [4.78, 5) is 23.1. The summed E-state index contributed by atoms with van der Waals surface area (Å²) < 4.78 is 10.1. The molecule has 0 amide bonds. The Morgan fingerprint density at radius 1 is 1.00 bits per heavy atom. The van der Waals surface area contributed by atoms with Gasteiger partial charge >= 0.3 is 11.9 Å². The summed E-state index contributed by atoms with van der Waals surface area (Å²) in [5.41, 5.74) is 1.37. The first-order valence-electron chi connectivity index (χ1n) is 8.34. The average Bonchev–Trinajstić information content (AvgIpc) is 2.55. The van der Waals surface area contributed by atoms with Crippen LogP contribution in [0.4, 0.5) is 5.69 Å². The lowest BCUT2D eigenvalue weighted by molar-refractivity contribution is -0.143. The van der Waals surface area contributed by atoms with Crippen LogP contribution in [0.15, 0.2) is 24.3 Å². The molecule has 0 unspecified atom stereocenters. The van der Waals surface area contributed by atoms with Gasteiger partial charge in [-0.1, -0.05) is 26.2 Å². The fraction of sp³-hybridized carbons (Fsp3) is 0.556. The molecule has 0 heterocycles. The van der Waals surface area contributed by atoms with E-state index in [-0.39, 0.29) is 11.9 Å². The van der Waals surface area contributed by atoms with E-state index >= 15 is 0 Å². The predicted octanol–water partition coefficient (Wildman–Crippen LogP) is 3.79. The molecule has 0 saturated carbocycles. The lowest BCUT2D eigenvalue weighted by Crippen LogP contribution is -2.12. The molecule has 128 valence electrons. The summed E-state index contributed by atoms with van der Waals surface area (Å²) in [5.74, 6) is -0.511. The van der Waals surface area contributed by atoms with Gasteiger partial charge in [-0.25, -0.2) is 4.79 Å². The maximum absolute atomic E-state index is 11.6. The third-order valence-corrected chi connectivity index (χ3v) is 3.32. The second kappa shape index (κ2) is 11.5. The molecule has 5 nitrogen and oxygen atoms in total. The van der Waals surface area contributed by atoms with E-state index in [0.717, 1.165) is 18.5 Å². The maximum atomic E-state index is 11.6. The highest BCUT2D eigenvalue weighted by Crippen LogP contribution is 2.10. The SMILES string of the molecule is CCCCCCOC(=O)CCNc1ccc(C(=O)OCC)cc1. The Morgan fingerprint density at radius 2 is 1.74 bits per heavy atom. The lowest BCUT2D eigenvalue weighted by atomic mass is 10.2. The number of carbonyl (C=O) groups is 2. The Bertz CT molecular complexity index is 470. The van der Waals surface area contributed by atoms with Crippen LogP contribution in [0.1, 0.15) is 56.3 Å². The number of esters is 2. The van der Waals surface area contributed by atoms with Crippen molar-refractivity contribution >= 4 is 17.6 Å². The van der Waals surface area contributed by atoms with Crippen LogP contribution in [0.3, 0.4) is 0 Å². The van der Waals surface area contributed by atoms with Crippen molar-refractivity contribution in [3.8, 4) is 0 Å². The van der Waals surface area contributed by atoms with E-state index in [9.17, 15) is 9.59 Å². The first-order chi connectivity index (χ1) is 11.2. The van der Waals surface area contributed by atoms with Crippen LogP contribution in [0.5, 0.6) is 0 Å². The molecule has 0 fully saturated rings. The minimum absolute atomic E-state index is 0.183. The molecule has 0 aromatic heterocycles. The topological polar surface area (TPSA) is 64.6 Å². The van der Waals surface area contributed by atoms with Crippen molar-refractivity contribution in [3.63, 3.8) is 0 Å². The maximum Gasteiger partial charge on any atom is 0.338 e. The minimum atomic E-state index is -0.328. The molecule has 0 bridgehead atoms. The summed E-state index contributed by atoms with van der Waals surface area (Å²) in [6, 6.07) is 6.99. The molecule has 23 heavy (non-hydrogen) atoms. The second-order valence-corrected chi connectivity index (χ2v) is 5.26. The van der Waals surface area contributed by atoms with Gasteiger partial charge in [0.05, 0.1) is 25.2 Å². The van der Waals surface area contributed by atoms with E-state index in [4.69, 9.17) is 9.47 Å². The number of benzene rings is 1. The number of rotatable bonds is 11. The van der Waals surface area contributed by atoms with Crippen molar-refractivity contribution in [2.24, 2.45) is 0 Å². The van der Waals surface area contributed by atoms with Crippen LogP contribution < -0.4 is 5.32 Å². The first-order valence-corrected chi connectivity index (χ1v) is 8.34. The zero-order chi connectivity index (χ0) is 16.9. The summed E-state index contributed by atoms with van der Waals surface area (Å²) in [6.45, 7) is 5.30. The number of carbonyl (C=O) groups excluding carboxylic acids is 2. The number of hydrogen-bond acceptors (Lipinski definition) is 5. The zero-order valence-electron chi connectivity index (χ0n) is 14.1. The Kier molecular flexibility index (Phi) is 9.52. The smallest absolute Gasteiger partial charge is 0.338 e. The molecule has 1 N–H and O–H groups in total.